The maximum Gasteiger partial charge on any atom is 0.344 e. The fourth-order valence-electron chi connectivity index (χ4n) is 8.25. The molecule has 0 bridgehead atoms. The van der Waals surface area contributed by atoms with E-state index in [0.29, 0.717) is 100 Å². The zero-order valence-corrected chi connectivity index (χ0v) is 36.5. The number of nitrogens with two attached hydrogens (primary N) is 1. The lowest BCUT2D eigenvalue weighted by atomic mass is 9.79. The van der Waals surface area contributed by atoms with Crippen LogP contribution in [0.1, 0.15) is 97.1 Å². The van der Waals surface area contributed by atoms with Crippen molar-refractivity contribution in [2.24, 2.45) is 17.1 Å². The third-order valence-electron chi connectivity index (χ3n) is 12.0. The first-order valence-electron chi connectivity index (χ1n) is 21.6. The van der Waals surface area contributed by atoms with Crippen LogP contribution in [0.2, 0.25) is 0 Å². The summed E-state index contributed by atoms with van der Waals surface area (Å²) in [5.74, 6) is -1.63. The second-order valence-electron chi connectivity index (χ2n) is 16.3. The number of hydrogen-bond donors (Lipinski definition) is 1. The van der Waals surface area contributed by atoms with E-state index in [9.17, 15) is 28.8 Å². The summed E-state index contributed by atoms with van der Waals surface area (Å²) < 4.78 is 24.0. The number of esters is 1. The lowest BCUT2D eigenvalue weighted by Gasteiger charge is -2.40. The molecule has 2 atom stereocenters. The van der Waals surface area contributed by atoms with Crippen LogP contribution < -0.4 is 20.3 Å². The molecule has 4 aliphatic rings. The molecule has 0 aliphatic carbocycles. The molecule has 0 aromatic carbocycles. The predicted molar refractivity (Wildman–Crippen MR) is 230 cm³/mol. The van der Waals surface area contributed by atoms with Crippen LogP contribution >= 0.6 is 0 Å². The van der Waals surface area contributed by atoms with Crippen LogP contribution in [0.5, 0.6) is 5.88 Å². The second kappa shape index (κ2) is 21.1. The van der Waals surface area contributed by atoms with Crippen LogP contribution in [0, 0.1) is 39.8 Å². The number of carbonyl (C=O) groups excluding carboxylic acids is 4. The molecule has 4 fully saturated rings. The summed E-state index contributed by atoms with van der Waals surface area (Å²) in [6.07, 6.45) is 12.5. The number of nitriles is 2. The summed E-state index contributed by atoms with van der Waals surface area (Å²) in [6.45, 7) is 6.35. The van der Waals surface area contributed by atoms with Crippen molar-refractivity contribution in [1.29, 1.82) is 10.5 Å². The van der Waals surface area contributed by atoms with Crippen molar-refractivity contribution in [1.82, 2.24) is 35.0 Å². The average Bonchev–Trinajstić information content (AvgIpc) is 4.06. The molecule has 8 rings (SSSR count). The number of rotatable bonds is 11. The van der Waals surface area contributed by atoms with Crippen LogP contribution in [0.15, 0.2) is 61.4 Å². The van der Waals surface area contributed by atoms with E-state index >= 15 is 0 Å². The Morgan fingerprint density at radius 2 is 1.47 bits per heavy atom. The molecule has 0 unspecified atom stereocenters. The third-order valence-corrected chi connectivity index (χ3v) is 12.0. The lowest BCUT2D eigenvalue weighted by Crippen LogP contribution is -2.48. The van der Waals surface area contributed by atoms with Gasteiger partial charge in [0.05, 0.1) is 54.6 Å². The van der Waals surface area contributed by atoms with Gasteiger partial charge in [0, 0.05) is 81.5 Å². The van der Waals surface area contributed by atoms with E-state index in [0.717, 1.165) is 17.3 Å². The van der Waals surface area contributed by atoms with Gasteiger partial charge in [-0.25, -0.2) is 24.9 Å². The van der Waals surface area contributed by atoms with Crippen molar-refractivity contribution in [3.8, 4) is 18.0 Å². The quantitative estimate of drug-likeness (QED) is 0.209. The summed E-state index contributed by atoms with van der Waals surface area (Å²) in [5.41, 5.74) is 7.54. The van der Waals surface area contributed by atoms with E-state index in [1.807, 2.05) is 11.8 Å². The van der Waals surface area contributed by atoms with Crippen molar-refractivity contribution >= 4 is 35.5 Å². The molecular weight excluding hydrogens is 856 g/mol. The SMILES string of the molecule is CCOC(=O)COc1nc(N2CCC(C)(C(=O)N3OCC[C@H]3c3cncc(C#N)c3)CC2)ncc1F.N#Cc1cncc([C@@H]2CCON2C(=O)C2CCN(c3cc(C(N)=O)ccn3)CC2)c1. The first-order chi connectivity index (χ1) is 31.9. The van der Waals surface area contributed by atoms with Crippen molar-refractivity contribution in [3.63, 3.8) is 0 Å². The first kappa shape index (κ1) is 46.6. The normalized spacial score (nSPS) is 19.2. The van der Waals surface area contributed by atoms with Gasteiger partial charge in [0.2, 0.25) is 23.6 Å². The Morgan fingerprint density at radius 3 is 2.08 bits per heavy atom. The highest BCUT2D eigenvalue weighted by Gasteiger charge is 2.45. The van der Waals surface area contributed by atoms with Gasteiger partial charge >= 0.3 is 5.97 Å². The Labute approximate surface area is 380 Å². The molecule has 0 saturated carbocycles. The maximum absolute atomic E-state index is 14.1. The van der Waals surface area contributed by atoms with Gasteiger partial charge in [0.25, 0.3) is 11.8 Å². The summed E-state index contributed by atoms with van der Waals surface area (Å²) in [6, 6.07) is 10.4. The van der Waals surface area contributed by atoms with Gasteiger partial charge in [-0.3, -0.25) is 34.0 Å². The van der Waals surface area contributed by atoms with Gasteiger partial charge in [-0.2, -0.15) is 19.9 Å². The second-order valence-corrected chi connectivity index (χ2v) is 16.3. The van der Waals surface area contributed by atoms with Crippen LogP contribution in [0.25, 0.3) is 0 Å². The Morgan fingerprint density at radius 1 is 0.848 bits per heavy atom. The number of anilines is 2. The highest BCUT2D eigenvalue weighted by Crippen LogP contribution is 2.40. The van der Waals surface area contributed by atoms with Gasteiger partial charge in [0.1, 0.15) is 18.0 Å². The van der Waals surface area contributed by atoms with Crippen molar-refractivity contribution in [2.75, 3.05) is 62.4 Å². The minimum Gasteiger partial charge on any atom is -0.463 e. The van der Waals surface area contributed by atoms with Gasteiger partial charge in [-0.05, 0) is 68.0 Å². The first-order valence-corrected chi connectivity index (χ1v) is 21.6. The topological polar surface area (TPSA) is 256 Å². The van der Waals surface area contributed by atoms with Crippen LogP contribution in [0.4, 0.5) is 16.2 Å². The Balaban J connectivity index is 0.000000199. The molecule has 8 heterocycles. The molecule has 4 aromatic rings. The Hall–Kier alpha value is -7.36. The number of nitrogens with zero attached hydrogens (tertiary/aromatic N) is 11. The molecule has 4 aliphatic heterocycles. The van der Waals surface area contributed by atoms with Gasteiger partial charge in [-0.15, -0.1) is 0 Å². The van der Waals surface area contributed by atoms with Crippen LogP contribution in [-0.4, -0.2) is 111 Å². The van der Waals surface area contributed by atoms with Crippen LogP contribution in [-0.2, 0) is 28.8 Å². The van der Waals surface area contributed by atoms with Crippen LogP contribution in [0.3, 0.4) is 0 Å². The number of hydroxylamine groups is 4. The molecule has 344 valence electrons. The number of hydrogen-bond acceptors (Lipinski definition) is 17. The number of halogens is 1. The van der Waals surface area contributed by atoms with E-state index in [2.05, 4.69) is 42.0 Å². The van der Waals surface area contributed by atoms with E-state index in [-0.39, 0.29) is 48.3 Å². The Kier molecular flexibility index (Phi) is 14.9. The molecule has 2 N–H and O–H groups in total. The molecule has 4 aromatic heterocycles. The third kappa shape index (κ3) is 10.8. The molecule has 66 heavy (non-hydrogen) atoms. The Bertz CT molecular complexity index is 2500. The van der Waals surface area contributed by atoms with Crippen molar-refractivity contribution < 1.29 is 42.7 Å². The molecule has 0 spiro atoms. The zero-order chi connectivity index (χ0) is 46.8. The summed E-state index contributed by atoms with van der Waals surface area (Å²) >= 11 is 0. The zero-order valence-electron chi connectivity index (χ0n) is 36.5. The highest BCUT2D eigenvalue weighted by atomic mass is 19.1. The number of primary amides is 1. The summed E-state index contributed by atoms with van der Waals surface area (Å²) in [4.78, 5) is 85.6. The monoisotopic (exact) mass is 904 g/mol. The van der Waals surface area contributed by atoms with E-state index in [1.54, 1.807) is 49.8 Å². The smallest absolute Gasteiger partial charge is 0.344 e. The van der Waals surface area contributed by atoms with E-state index in [1.165, 1.54) is 22.5 Å². The van der Waals surface area contributed by atoms with E-state index in [4.69, 9.17) is 30.1 Å². The number of piperidine rings is 2. The van der Waals surface area contributed by atoms with E-state index < -0.39 is 29.7 Å². The van der Waals surface area contributed by atoms with Gasteiger partial charge in [-0.1, -0.05) is 6.92 Å². The molecule has 3 amide bonds. The number of carbonyl (C=O) groups is 4. The van der Waals surface area contributed by atoms with Gasteiger partial charge in [0.15, 0.2) is 6.61 Å². The number of ether oxygens (including phenoxy) is 2. The summed E-state index contributed by atoms with van der Waals surface area (Å²) in [5, 5.41) is 21.2. The maximum atomic E-state index is 14.1. The fourth-order valence-corrected chi connectivity index (χ4v) is 8.25. The fraction of sp³-hybridized carbons (Fsp3) is 0.444. The van der Waals surface area contributed by atoms with Crippen molar-refractivity contribution in [2.45, 2.75) is 64.5 Å². The predicted octanol–water partition coefficient (Wildman–Crippen LogP) is 3.90. The molecule has 21 heteroatoms. The standard InChI is InChI=1S/C24H27FN6O5.C21H22N6O3/c1-3-34-20(32)15-35-21-18(25)14-28-23(29-21)30-7-5-24(2,6-8-30)22(33)31-19(4-9-36-31)17-10-16(11-26)12-27-13-17;22-11-14-9-17(13-24-12-14)18-4-8-30-27(18)21(29)15-2-6-26(7-3-15)19-10-16(20(23)28)1-5-25-19/h10,12-14,19H,3-9,15H2,1-2H3;1,5,9-10,12-13,15,18H,2-4,6-8H2,(H2,23,28)/t19-;18-/m00/s1. The van der Waals surface area contributed by atoms with Crippen molar-refractivity contribution in [3.05, 3.63) is 95.1 Å². The number of pyridine rings is 3. The summed E-state index contributed by atoms with van der Waals surface area (Å²) in [7, 11) is 0. The minimum absolute atomic E-state index is 0.0432. The number of amides is 3. The lowest BCUT2D eigenvalue weighted by molar-refractivity contribution is -0.189. The highest BCUT2D eigenvalue weighted by molar-refractivity contribution is 5.93. The minimum atomic E-state index is -0.785. The molecule has 20 nitrogen and oxygen atoms in total. The largest absolute Gasteiger partial charge is 0.463 e. The van der Waals surface area contributed by atoms with Gasteiger partial charge < -0.3 is 25.0 Å². The number of aromatic nitrogens is 5. The average molecular weight is 905 g/mol. The molecular formula is C45H49FN12O8. The molecule has 0 radical (unpaired) electrons. The molecule has 4 saturated heterocycles.